The molecule has 1 heterocycles. The second-order valence-electron chi connectivity index (χ2n) is 5.12. The van der Waals surface area contributed by atoms with E-state index in [4.69, 9.17) is 0 Å². The number of carbonyl (C=O) groups excluding carboxylic acids is 1. The fourth-order valence-corrected chi connectivity index (χ4v) is 3.05. The van der Waals surface area contributed by atoms with E-state index in [1.807, 2.05) is 0 Å². The van der Waals surface area contributed by atoms with Gasteiger partial charge in [-0.2, -0.15) is 0 Å². The number of hydrogen-bond acceptors (Lipinski definition) is 6. The number of nitrogens with zero attached hydrogens (tertiary/aromatic N) is 2. The summed E-state index contributed by atoms with van der Waals surface area (Å²) in [6, 6.07) is 14.4. The van der Waals surface area contributed by atoms with Crippen LogP contribution in [0, 0.1) is 0 Å². The van der Waals surface area contributed by atoms with Gasteiger partial charge in [0.15, 0.2) is 0 Å². The maximum absolute atomic E-state index is 12.3. The number of fused-ring (bicyclic) bond motifs is 1. The molecule has 0 aliphatic carbocycles. The molecule has 128 valence electrons. The Bertz CT molecular complexity index is 1050. The van der Waals surface area contributed by atoms with Crippen molar-refractivity contribution >= 4 is 30.0 Å². The Hall–Kier alpha value is -2.80. The zero-order valence-corrected chi connectivity index (χ0v) is 13.9. The molecule has 0 amide bonds. The minimum Gasteiger partial charge on any atom is -0.318 e. The lowest BCUT2D eigenvalue weighted by atomic mass is 10.2. The van der Waals surface area contributed by atoms with Crippen molar-refractivity contribution in [2.75, 3.05) is 0 Å². The van der Waals surface area contributed by atoms with Gasteiger partial charge < -0.3 is 9.46 Å². The fourth-order valence-electron chi connectivity index (χ4n) is 2.19. The Morgan fingerprint density at radius 2 is 1.76 bits per heavy atom. The molecule has 0 aliphatic heterocycles. The number of hydrogen-bond donors (Lipinski definition) is 1. The average Bonchev–Trinajstić information content (AvgIpc) is 2.63. The third-order valence-electron chi connectivity index (χ3n) is 3.46. The van der Waals surface area contributed by atoms with Gasteiger partial charge in [-0.05, 0) is 24.3 Å². The van der Waals surface area contributed by atoms with E-state index in [9.17, 15) is 19.0 Å². The van der Waals surface area contributed by atoms with Crippen LogP contribution in [0.5, 0.6) is 0 Å². The third kappa shape index (κ3) is 3.36. The molecule has 3 rings (SSSR count). The zero-order chi connectivity index (χ0) is 18.0. The van der Waals surface area contributed by atoms with E-state index in [2.05, 4.69) is 14.5 Å². The van der Waals surface area contributed by atoms with Crippen molar-refractivity contribution in [1.82, 2.24) is 9.55 Å². The van der Waals surface area contributed by atoms with Crippen LogP contribution in [0.4, 0.5) is 0 Å². The Labute approximate surface area is 141 Å². The van der Waals surface area contributed by atoms with Gasteiger partial charge in [-0.15, -0.1) is 0 Å². The van der Waals surface area contributed by atoms with E-state index in [0.29, 0.717) is 11.0 Å². The number of rotatable bonds is 4. The Morgan fingerprint density at radius 1 is 1.12 bits per heavy atom. The summed E-state index contributed by atoms with van der Waals surface area (Å²) >= 11 is 0. The van der Waals surface area contributed by atoms with Crippen LogP contribution in [0.3, 0.4) is 0 Å². The predicted octanol–water partition coefficient (Wildman–Crippen LogP) is 1.53. The summed E-state index contributed by atoms with van der Waals surface area (Å²) < 4.78 is 17.9. The predicted molar refractivity (Wildman–Crippen MR) is 89.4 cm³/mol. The van der Waals surface area contributed by atoms with Gasteiger partial charge in [-0.1, -0.05) is 35.0 Å². The largest absolute Gasteiger partial charge is 0.420 e. The Kier molecular flexibility index (Phi) is 4.50. The molecule has 25 heavy (non-hydrogen) atoms. The highest BCUT2D eigenvalue weighted by Crippen LogP contribution is 2.39. The van der Waals surface area contributed by atoms with Gasteiger partial charge in [0.05, 0.1) is 16.6 Å². The van der Waals surface area contributed by atoms with E-state index >= 15 is 0 Å². The highest BCUT2D eigenvalue weighted by atomic mass is 31.2. The number of aryl methyl sites for hydroxylation is 1. The van der Waals surface area contributed by atoms with Crippen LogP contribution >= 0.6 is 7.60 Å². The number of benzene rings is 2. The van der Waals surface area contributed by atoms with Crippen LogP contribution in [0.1, 0.15) is 10.4 Å². The van der Waals surface area contributed by atoms with Crippen LogP contribution < -0.4 is 11.0 Å². The molecule has 0 aliphatic rings. The van der Waals surface area contributed by atoms with Crippen LogP contribution in [0.15, 0.2) is 59.4 Å². The van der Waals surface area contributed by atoms with Crippen molar-refractivity contribution in [1.29, 1.82) is 0 Å². The first-order valence-corrected chi connectivity index (χ1v) is 8.72. The molecule has 1 unspecified atom stereocenters. The van der Waals surface area contributed by atoms with E-state index < -0.39 is 24.6 Å². The molecule has 2 aromatic carbocycles. The van der Waals surface area contributed by atoms with Crippen LogP contribution in [0.2, 0.25) is 0 Å². The van der Waals surface area contributed by atoms with E-state index in [0.717, 1.165) is 0 Å². The average molecular weight is 360 g/mol. The second-order valence-corrected chi connectivity index (χ2v) is 6.73. The molecule has 0 saturated carbocycles. The topological polar surface area (TPSA) is 108 Å². The normalized spacial score (nSPS) is 13.4. The second kappa shape index (κ2) is 6.60. The van der Waals surface area contributed by atoms with Crippen molar-refractivity contribution in [3.8, 4) is 0 Å². The summed E-state index contributed by atoms with van der Waals surface area (Å²) in [5.74, 6) is -0.965. The molecule has 3 aromatic rings. The van der Waals surface area contributed by atoms with E-state index in [-0.39, 0.29) is 5.56 Å². The van der Waals surface area contributed by atoms with Gasteiger partial charge in [-0.25, -0.2) is 14.3 Å². The van der Waals surface area contributed by atoms with Gasteiger partial charge in [0.2, 0.25) is 5.44 Å². The van der Waals surface area contributed by atoms with Crippen LogP contribution in [0.25, 0.3) is 11.0 Å². The smallest absolute Gasteiger partial charge is 0.318 e. The first-order chi connectivity index (χ1) is 11.9. The summed E-state index contributed by atoms with van der Waals surface area (Å²) in [5.41, 5.74) is -0.610. The van der Waals surface area contributed by atoms with Gasteiger partial charge in [0.1, 0.15) is 0 Å². The summed E-state index contributed by atoms with van der Waals surface area (Å²) in [5, 5.41) is 0. The number of aromatic nitrogens is 2. The molecule has 1 aromatic heterocycles. The van der Waals surface area contributed by atoms with Gasteiger partial charge in [0, 0.05) is 7.05 Å². The van der Waals surface area contributed by atoms with E-state index in [1.165, 1.54) is 23.7 Å². The van der Waals surface area contributed by atoms with E-state index in [1.54, 1.807) is 42.5 Å². The lowest BCUT2D eigenvalue weighted by molar-refractivity contribution is -0.154. The lowest BCUT2D eigenvalue weighted by Crippen LogP contribution is -2.36. The molecule has 0 spiro atoms. The molecule has 0 radical (unpaired) electrons. The lowest BCUT2D eigenvalue weighted by Gasteiger charge is -2.12. The molecule has 0 bridgehead atoms. The highest BCUT2D eigenvalue weighted by Gasteiger charge is 2.33. The Balaban J connectivity index is 1.91. The molecule has 0 fully saturated rings. The fraction of sp³-hybridized carbons (Fsp3) is 0.0625. The van der Waals surface area contributed by atoms with Crippen LogP contribution in [-0.2, 0) is 21.2 Å². The SMILES string of the molecule is Cn1c(=O)c(P(=O)(O)OOC(=O)c2ccccc2)nc2ccccc21. The number of para-hydroxylation sites is 2. The standard InChI is InChI=1S/C16H13N2O6P/c1-18-13-10-6-5-9-12(13)17-14(15(18)19)25(21,22)24-23-16(20)11-7-3-2-4-8-11/h2-10H,1H3,(H,21,22). The molecular weight excluding hydrogens is 347 g/mol. The molecule has 9 heteroatoms. The highest BCUT2D eigenvalue weighted by molar-refractivity contribution is 7.60. The monoisotopic (exact) mass is 360 g/mol. The molecule has 1 atom stereocenters. The van der Waals surface area contributed by atoms with Crippen molar-refractivity contribution in [3.05, 3.63) is 70.5 Å². The number of carbonyl (C=O) groups is 1. The van der Waals surface area contributed by atoms with Crippen LogP contribution in [-0.4, -0.2) is 20.4 Å². The zero-order valence-electron chi connectivity index (χ0n) is 13.0. The maximum Gasteiger partial charge on any atom is 0.420 e. The molecule has 1 N–H and O–H groups in total. The summed E-state index contributed by atoms with van der Waals surface area (Å²) in [4.78, 5) is 42.4. The third-order valence-corrected chi connectivity index (χ3v) is 4.56. The van der Waals surface area contributed by atoms with Gasteiger partial charge >= 0.3 is 13.6 Å². The first kappa shape index (κ1) is 17.0. The molecular formula is C16H13N2O6P. The van der Waals surface area contributed by atoms with Crippen molar-refractivity contribution in [3.63, 3.8) is 0 Å². The summed E-state index contributed by atoms with van der Waals surface area (Å²) in [7, 11) is -3.34. The van der Waals surface area contributed by atoms with Crippen molar-refractivity contribution in [2.45, 2.75) is 0 Å². The van der Waals surface area contributed by atoms with Gasteiger partial charge in [-0.3, -0.25) is 9.68 Å². The minimum atomic E-state index is -4.78. The van der Waals surface area contributed by atoms with Crippen molar-refractivity contribution < 1.29 is 23.8 Å². The molecule has 0 saturated heterocycles. The summed E-state index contributed by atoms with van der Waals surface area (Å²) in [6.07, 6.45) is 0. The van der Waals surface area contributed by atoms with Gasteiger partial charge in [0.25, 0.3) is 5.56 Å². The quantitative estimate of drug-likeness (QED) is 0.427. The maximum atomic E-state index is 12.3. The van der Waals surface area contributed by atoms with Crippen molar-refractivity contribution in [2.24, 2.45) is 7.05 Å². The summed E-state index contributed by atoms with van der Waals surface area (Å²) in [6.45, 7) is 0. The minimum absolute atomic E-state index is 0.127. The first-order valence-electron chi connectivity index (χ1n) is 7.15. The molecule has 8 nitrogen and oxygen atoms in total. The Morgan fingerprint density at radius 3 is 2.48 bits per heavy atom.